The van der Waals surface area contributed by atoms with E-state index in [4.69, 9.17) is 5.73 Å². The van der Waals surface area contributed by atoms with Crippen LogP contribution in [0.15, 0.2) is 22.7 Å². The third-order valence-corrected chi connectivity index (χ3v) is 3.55. The molecule has 110 valence electrons. The number of halogens is 1. The second-order valence-corrected chi connectivity index (χ2v) is 5.96. The van der Waals surface area contributed by atoms with Gasteiger partial charge in [0, 0.05) is 22.3 Å². The van der Waals surface area contributed by atoms with Crippen LogP contribution >= 0.6 is 15.9 Å². The van der Waals surface area contributed by atoms with Crippen LogP contribution in [0, 0.1) is 11.8 Å². The molecule has 0 radical (unpaired) electrons. The van der Waals surface area contributed by atoms with Crippen molar-refractivity contribution in [3.63, 3.8) is 0 Å². The number of carboxylic acids is 1. The fourth-order valence-corrected chi connectivity index (χ4v) is 2.40. The zero-order valence-corrected chi connectivity index (χ0v) is 13.1. The van der Waals surface area contributed by atoms with Crippen molar-refractivity contribution in [1.82, 2.24) is 0 Å². The number of nitrogens with one attached hydrogen (secondary N) is 1. The molecule has 1 aromatic carbocycles. The van der Waals surface area contributed by atoms with Crippen LogP contribution in [0.25, 0.3) is 0 Å². The summed E-state index contributed by atoms with van der Waals surface area (Å²) >= 11 is 3.34. The first-order valence-corrected chi connectivity index (χ1v) is 7.16. The van der Waals surface area contributed by atoms with Crippen LogP contribution in [0.2, 0.25) is 0 Å². The molecule has 6 heteroatoms. The van der Waals surface area contributed by atoms with E-state index < -0.39 is 17.8 Å². The van der Waals surface area contributed by atoms with Gasteiger partial charge in [-0.15, -0.1) is 0 Å². The van der Waals surface area contributed by atoms with Crippen molar-refractivity contribution in [2.45, 2.75) is 20.3 Å². The molecular weight excluding hydrogens is 324 g/mol. The molecule has 0 bridgehead atoms. The average Bonchev–Trinajstić information content (AvgIpc) is 2.34. The van der Waals surface area contributed by atoms with Crippen molar-refractivity contribution in [3.8, 4) is 0 Å². The number of anilines is 1. The number of carbonyl (C=O) groups is 2. The van der Waals surface area contributed by atoms with Crippen molar-refractivity contribution in [2.75, 3.05) is 11.9 Å². The number of amides is 1. The van der Waals surface area contributed by atoms with E-state index in [1.165, 1.54) is 0 Å². The van der Waals surface area contributed by atoms with Crippen LogP contribution in [0.3, 0.4) is 0 Å². The second kappa shape index (κ2) is 7.28. The van der Waals surface area contributed by atoms with Crippen LogP contribution in [0.1, 0.15) is 30.6 Å². The van der Waals surface area contributed by atoms with E-state index in [0.29, 0.717) is 28.9 Å². The largest absolute Gasteiger partial charge is 0.481 e. The number of hydrogen-bond acceptors (Lipinski definition) is 3. The van der Waals surface area contributed by atoms with Crippen molar-refractivity contribution in [1.29, 1.82) is 0 Å². The molecule has 20 heavy (non-hydrogen) atoms. The Balaban J connectivity index is 2.73. The number of aliphatic carboxylic acids is 1. The predicted molar refractivity (Wildman–Crippen MR) is 81.7 cm³/mol. The third kappa shape index (κ3) is 4.85. The maximum absolute atomic E-state index is 11.2. The lowest BCUT2D eigenvalue weighted by Gasteiger charge is -2.17. The monoisotopic (exact) mass is 342 g/mol. The molecule has 0 saturated carbocycles. The summed E-state index contributed by atoms with van der Waals surface area (Å²) in [5, 5.41) is 12.3. The first-order chi connectivity index (χ1) is 9.31. The quantitative estimate of drug-likeness (QED) is 0.710. The minimum Gasteiger partial charge on any atom is -0.481 e. The van der Waals surface area contributed by atoms with E-state index in [-0.39, 0.29) is 0 Å². The Morgan fingerprint density at radius 3 is 2.50 bits per heavy atom. The average molecular weight is 343 g/mol. The molecule has 0 heterocycles. The van der Waals surface area contributed by atoms with E-state index in [1.807, 2.05) is 13.8 Å². The fourth-order valence-electron chi connectivity index (χ4n) is 1.89. The van der Waals surface area contributed by atoms with Gasteiger partial charge in [-0.1, -0.05) is 13.8 Å². The van der Waals surface area contributed by atoms with Crippen LogP contribution in [0.4, 0.5) is 5.69 Å². The molecule has 1 rings (SSSR count). The molecule has 5 nitrogen and oxygen atoms in total. The molecule has 0 aliphatic heterocycles. The topological polar surface area (TPSA) is 92.4 Å². The Labute approximate surface area is 126 Å². The lowest BCUT2D eigenvalue weighted by atomic mass is 9.97. The Hall–Kier alpha value is -1.56. The van der Waals surface area contributed by atoms with Gasteiger partial charge in [-0.25, -0.2) is 0 Å². The van der Waals surface area contributed by atoms with Gasteiger partial charge in [0.25, 0.3) is 0 Å². The zero-order valence-electron chi connectivity index (χ0n) is 11.5. The van der Waals surface area contributed by atoms with E-state index in [2.05, 4.69) is 21.2 Å². The highest BCUT2D eigenvalue weighted by Gasteiger charge is 2.19. The molecule has 1 amide bonds. The molecule has 0 aliphatic rings. The zero-order chi connectivity index (χ0) is 15.3. The van der Waals surface area contributed by atoms with Gasteiger partial charge in [0.2, 0.25) is 5.91 Å². The SMILES string of the molecule is CC(C)CC(CNc1ccc(C(N)=O)cc1Br)C(=O)O. The molecule has 0 fully saturated rings. The first-order valence-electron chi connectivity index (χ1n) is 6.37. The van der Waals surface area contributed by atoms with Crippen LogP contribution in [0.5, 0.6) is 0 Å². The fraction of sp³-hybridized carbons (Fsp3) is 0.429. The van der Waals surface area contributed by atoms with Gasteiger partial charge in [-0.2, -0.15) is 0 Å². The summed E-state index contributed by atoms with van der Waals surface area (Å²) in [4.78, 5) is 22.2. The van der Waals surface area contributed by atoms with Gasteiger partial charge in [-0.3, -0.25) is 9.59 Å². The molecule has 0 aromatic heterocycles. The summed E-state index contributed by atoms with van der Waals surface area (Å²) in [5.41, 5.74) is 6.33. The third-order valence-electron chi connectivity index (χ3n) is 2.90. The molecule has 4 N–H and O–H groups in total. The number of hydrogen-bond donors (Lipinski definition) is 3. The summed E-state index contributed by atoms with van der Waals surface area (Å²) in [7, 11) is 0. The lowest BCUT2D eigenvalue weighted by Crippen LogP contribution is -2.24. The summed E-state index contributed by atoms with van der Waals surface area (Å²) in [6.07, 6.45) is 0.610. The van der Waals surface area contributed by atoms with Gasteiger partial charge in [0.1, 0.15) is 0 Å². The van der Waals surface area contributed by atoms with Crippen molar-refractivity contribution >= 4 is 33.5 Å². The van der Waals surface area contributed by atoms with Crippen molar-refractivity contribution in [3.05, 3.63) is 28.2 Å². The highest BCUT2D eigenvalue weighted by molar-refractivity contribution is 9.10. The number of carbonyl (C=O) groups excluding carboxylic acids is 1. The smallest absolute Gasteiger partial charge is 0.308 e. The Morgan fingerprint density at radius 1 is 1.40 bits per heavy atom. The van der Waals surface area contributed by atoms with E-state index in [1.54, 1.807) is 18.2 Å². The normalized spacial score (nSPS) is 12.2. The minimum absolute atomic E-state index is 0.318. The number of primary amides is 1. The maximum Gasteiger partial charge on any atom is 0.308 e. The van der Waals surface area contributed by atoms with E-state index in [9.17, 15) is 14.7 Å². The molecule has 1 unspecified atom stereocenters. The summed E-state index contributed by atoms with van der Waals surface area (Å²) in [6, 6.07) is 4.93. The Bertz CT molecular complexity index is 503. The summed E-state index contributed by atoms with van der Waals surface area (Å²) < 4.78 is 0.683. The summed E-state index contributed by atoms with van der Waals surface area (Å²) in [6.45, 7) is 4.32. The molecule has 1 atom stereocenters. The second-order valence-electron chi connectivity index (χ2n) is 5.10. The van der Waals surface area contributed by atoms with Gasteiger partial charge >= 0.3 is 5.97 Å². The highest BCUT2D eigenvalue weighted by atomic mass is 79.9. The molecule has 0 saturated heterocycles. The van der Waals surface area contributed by atoms with E-state index in [0.717, 1.165) is 5.69 Å². The van der Waals surface area contributed by atoms with Gasteiger partial charge in [0.15, 0.2) is 0 Å². The highest BCUT2D eigenvalue weighted by Crippen LogP contribution is 2.24. The number of rotatable bonds is 7. The van der Waals surface area contributed by atoms with Crippen LogP contribution in [-0.4, -0.2) is 23.5 Å². The Morgan fingerprint density at radius 2 is 2.05 bits per heavy atom. The number of nitrogens with two attached hydrogens (primary N) is 1. The Kier molecular flexibility index (Phi) is 6.01. The molecule has 0 aliphatic carbocycles. The van der Waals surface area contributed by atoms with Gasteiger partial charge < -0.3 is 16.2 Å². The van der Waals surface area contributed by atoms with Crippen LogP contribution in [-0.2, 0) is 4.79 Å². The first kappa shape index (κ1) is 16.5. The standard InChI is InChI=1S/C14H19BrN2O3/c1-8(2)5-10(14(19)20)7-17-12-4-3-9(13(16)18)6-11(12)15/h3-4,6,8,10,17H,5,7H2,1-2H3,(H2,16,18)(H,19,20). The van der Waals surface area contributed by atoms with Crippen molar-refractivity contribution in [2.24, 2.45) is 17.6 Å². The minimum atomic E-state index is -0.809. The molecule has 1 aromatic rings. The van der Waals surface area contributed by atoms with Gasteiger partial charge in [0.05, 0.1) is 5.92 Å². The number of benzene rings is 1. The van der Waals surface area contributed by atoms with Crippen molar-refractivity contribution < 1.29 is 14.7 Å². The van der Waals surface area contributed by atoms with Crippen LogP contribution < -0.4 is 11.1 Å². The summed E-state index contributed by atoms with van der Waals surface area (Å²) in [5.74, 6) is -1.44. The van der Waals surface area contributed by atoms with Gasteiger partial charge in [-0.05, 0) is 46.5 Å². The number of carboxylic acid groups (broad SMARTS) is 1. The van der Waals surface area contributed by atoms with E-state index >= 15 is 0 Å². The molecular formula is C14H19BrN2O3. The lowest BCUT2D eigenvalue weighted by molar-refractivity contribution is -0.141. The molecule has 0 spiro atoms. The predicted octanol–water partition coefficient (Wildman–Crippen LogP) is 2.71. The maximum atomic E-state index is 11.2.